The Morgan fingerprint density at radius 1 is 1.10 bits per heavy atom. The van der Waals surface area contributed by atoms with Crippen molar-refractivity contribution in [3.63, 3.8) is 0 Å². The maximum absolute atomic E-state index is 5.93. The summed E-state index contributed by atoms with van der Waals surface area (Å²) in [5.74, 6) is 0.439. The van der Waals surface area contributed by atoms with Crippen molar-refractivity contribution in [1.29, 1.82) is 0 Å². The van der Waals surface area contributed by atoms with Gasteiger partial charge in [0.15, 0.2) is 0 Å². The van der Waals surface area contributed by atoms with Crippen molar-refractivity contribution in [2.24, 2.45) is 0 Å². The Labute approximate surface area is 119 Å². The molecule has 0 aliphatic carbocycles. The Kier molecular flexibility index (Phi) is 4.32. The molecule has 7 heteroatoms. The Balaban J connectivity index is 2.09. The van der Waals surface area contributed by atoms with Crippen LogP contribution in [-0.2, 0) is 14.0 Å². The van der Waals surface area contributed by atoms with Gasteiger partial charge in [0.2, 0.25) is 5.88 Å². The Morgan fingerprint density at radius 3 is 2.35 bits per heavy atom. The second-order valence-electron chi connectivity index (χ2n) is 5.71. The smallest absolute Gasteiger partial charge is 0.474 e. The summed E-state index contributed by atoms with van der Waals surface area (Å²) >= 11 is 0. The first-order chi connectivity index (χ1) is 9.36. The van der Waals surface area contributed by atoms with E-state index < -0.39 is 18.3 Å². The minimum Gasteiger partial charge on any atom is -0.474 e. The molecule has 1 aromatic rings. The lowest BCUT2D eigenvalue weighted by atomic mass is 9.85. The van der Waals surface area contributed by atoms with Crippen LogP contribution >= 0.6 is 0 Å². The number of ether oxygens (including phenoxy) is 2. The van der Waals surface area contributed by atoms with Gasteiger partial charge in [-0.1, -0.05) is 0 Å². The van der Waals surface area contributed by atoms with Gasteiger partial charge in [0.1, 0.15) is 6.61 Å². The second-order valence-corrected chi connectivity index (χ2v) is 5.71. The van der Waals surface area contributed by atoms with Gasteiger partial charge < -0.3 is 18.8 Å². The van der Waals surface area contributed by atoms with E-state index in [1.807, 2.05) is 27.7 Å². The van der Waals surface area contributed by atoms with Crippen LogP contribution in [0.3, 0.4) is 0 Å². The molecule has 1 saturated heterocycles. The number of methoxy groups -OCH3 is 1. The molecule has 1 aliphatic rings. The van der Waals surface area contributed by atoms with Crippen LogP contribution < -0.4 is 10.3 Å². The number of nitrogens with zero attached hydrogens (tertiary/aromatic N) is 2. The molecule has 0 radical (unpaired) electrons. The zero-order valence-electron chi connectivity index (χ0n) is 12.7. The highest BCUT2D eigenvalue weighted by atomic mass is 16.7. The van der Waals surface area contributed by atoms with Gasteiger partial charge in [-0.25, -0.2) is 4.98 Å². The minimum atomic E-state index is -0.529. The van der Waals surface area contributed by atoms with Crippen molar-refractivity contribution in [3.05, 3.63) is 12.4 Å². The molecule has 0 atom stereocenters. The summed E-state index contributed by atoms with van der Waals surface area (Å²) in [6.45, 7) is 8.93. The van der Waals surface area contributed by atoms with E-state index in [2.05, 4.69) is 9.97 Å². The largest absolute Gasteiger partial charge is 0.516 e. The summed E-state index contributed by atoms with van der Waals surface area (Å²) in [5.41, 5.74) is -0.183. The molecule has 2 heterocycles. The van der Waals surface area contributed by atoms with Crippen molar-refractivity contribution in [3.8, 4) is 5.88 Å². The standard InChI is InChI=1S/C13H21BN2O4/c1-12(2)13(3,4)20-14(19-12)10-8-15-9-11(16-10)18-7-6-17-5/h8-9H,6-7H2,1-5H3. The molecular formula is C13H21BN2O4. The van der Waals surface area contributed by atoms with Crippen LogP contribution in [0, 0.1) is 0 Å². The van der Waals surface area contributed by atoms with E-state index in [4.69, 9.17) is 18.8 Å². The first-order valence-electron chi connectivity index (χ1n) is 6.65. The molecule has 0 bridgehead atoms. The Bertz CT molecular complexity index is 451. The third-order valence-electron chi connectivity index (χ3n) is 3.66. The molecule has 0 aromatic carbocycles. The van der Waals surface area contributed by atoms with E-state index in [9.17, 15) is 0 Å². The van der Waals surface area contributed by atoms with Crippen LogP contribution in [0.15, 0.2) is 12.4 Å². The molecule has 1 aromatic heterocycles. The highest BCUT2D eigenvalue weighted by molar-refractivity contribution is 6.61. The summed E-state index contributed by atoms with van der Waals surface area (Å²) in [4.78, 5) is 8.48. The molecule has 20 heavy (non-hydrogen) atoms. The van der Waals surface area contributed by atoms with Gasteiger partial charge in [0, 0.05) is 13.3 Å². The SMILES string of the molecule is COCCOc1cncc(B2OC(C)(C)C(C)(C)O2)n1. The van der Waals surface area contributed by atoms with Crippen LogP contribution in [0.4, 0.5) is 0 Å². The minimum absolute atomic E-state index is 0.397. The molecule has 1 aliphatic heterocycles. The average molecular weight is 280 g/mol. The maximum Gasteiger partial charge on any atom is 0.516 e. The summed E-state index contributed by atoms with van der Waals surface area (Å²) in [6, 6.07) is 0. The van der Waals surface area contributed by atoms with Gasteiger partial charge in [0.05, 0.1) is 29.6 Å². The van der Waals surface area contributed by atoms with E-state index in [0.29, 0.717) is 24.7 Å². The third-order valence-corrected chi connectivity index (χ3v) is 3.66. The lowest BCUT2D eigenvalue weighted by molar-refractivity contribution is 0.00578. The van der Waals surface area contributed by atoms with Gasteiger partial charge in [-0.3, -0.25) is 4.98 Å². The number of hydrogen-bond donors (Lipinski definition) is 0. The quantitative estimate of drug-likeness (QED) is 0.587. The summed E-state index contributed by atoms with van der Waals surface area (Å²) in [6.07, 6.45) is 3.19. The predicted octanol–water partition coefficient (Wildman–Crippen LogP) is 0.801. The fourth-order valence-corrected chi connectivity index (χ4v) is 1.74. The average Bonchev–Trinajstić information content (AvgIpc) is 2.59. The first kappa shape index (κ1) is 15.2. The lowest BCUT2D eigenvalue weighted by Gasteiger charge is -2.32. The molecule has 110 valence electrons. The molecule has 0 amide bonds. The van der Waals surface area contributed by atoms with E-state index in [1.165, 1.54) is 0 Å². The van der Waals surface area contributed by atoms with Gasteiger partial charge >= 0.3 is 7.12 Å². The zero-order valence-corrected chi connectivity index (χ0v) is 12.7. The van der Waals surface area contributed by atoms with Crippen molar-refractivity contribution < 1.29 is 18.8 Å². The van der Waals surface area contributed by atoms with E-state index in [1.54, 1.807) is 19.5 Å². The molecular weight excluding hydrogens is 259 g/mol. The predicted molar refractivity (Wildman–Crippen MR) is 75.1 cm³/mol. The van der Waals surface area contributed by atoms with E-state index in [0.717, 1.165) is 0 Å². The molecule has 0 saturated carbocycles. The van der Waals surface area contributed by atoms with Crippen molar-refractivity contribution in [2.75, 3.05) is 20.3 Å². The normalized spacial score (nSPS) is 20.1. The first-order valence-corrected chi connectivity index (χ1v) is 6.65. The molecule has 6 nitrogen and oxygen atoms in total. The fraction of sp³-hybridized carbons (Fsp3) is 0.692. The molecule has 1 fully saturated rings. The number of rotatable bonds is 5. The summed E-state index contributed by atoms with van der Waals surface area (Å²) in [5, 5.41) is 0. The van der Waals surface area contributed by atoms with Crippen LogP contribution in [0.25, 0.3) is 0 Å². The van der Waals surface area contributed by atoms with Crippen molar-refractivity contribution in [1.82, 2.24) is 9.97 Å². The summed E-state index contributed by atoms with van der Waals surface area (Å²) < 4.78 is 22.2. The molecule has 0 spiro atoms. The van der Waals surface area contributed by atoms with Crippen LogP contribution in [-0.4, -0.2) is 48.6 Å². The maximum atomic E-state index is 5.93. The molecule has 0 N–H and O–H groups in total. The molecule has 0 unspecified atom stereocenters. The van der Waals surface area contributed by atoms with Gasteiger partial charge in [-0.05, 0) is 27.7 Å². The van der Waals surface area contributed by atoms with Gasteiger partial charge in [-0.2, -0.15) is 0 Å². The van der Waals surface area contributed by atoms with Crippen LogP contribution in [0.2, 0.25) is 0 Å². The Hall–Kier alpha value is -1.18. The molecule has 2 rings (SSSR count). The third kappa shape index (κ3) is 3.11. The lowest BCUT2D eigenvalue weighted by Crippen LogP contribution is -2.41. The monoisotopic (exact) mass is 280 g/mol. The van der Waals surface area contributed by atoms with Crippen LogP contribution in [0.5, 0.6) is 5.88 Å². The summed E-state index contributed by atoms with van der Waals surface area (Å²) in [7, 11) is 1.09. The second kappa shape index (κ2) is 5.67. The highest BCUT2D eigenvalue weighted by Gasteiger charge is 2.52. The van der Waals surface area contributed by atoms with Crippen molar-refractivity contribution >= 4 is 12.7 Å². The van der Waals surface area contributed by atoms with Gasteiger partial charge in [0.25, 0.3) is 0 Å². The zero-order chi connectivity index (χ0) is 14.8. The number of aromatic nitrogens is 2. The number of hydrogen-bond acceptors (Lipinski definition) is 6. The topological polar surface area (TPSA) is 62.7 Å². The highest BCUT2D eigenvalue weighted by Crippen LogP contribution is 2.36. The van der Waals surface area contributed by atoms with Crippen LogP contribution in [0.1, 0.15) is 27.7 Å². The fourth-order valence-electron chi connectivity index (χ4n) is 1.74. The Morgan fingerprint density at radius 2 is 1.75 bits per heavy atom. The van der Waals surface area contributed by atoms with E-state index in [-0.39, 0.29) is 0 Å². The van der Waals surface area contributed by atoms with E-state index >= 15 is 0 Å². The van der Waals surface area contributed by atoms with Crippen molar-refractivity contribution in [2.45, 2.75) is 38.9 Å². The van der Waals surface area contributed by atoms with Gasteiger partial charge in [-0.15, -0.1) is 0 Å².